The molecular weight excluding hydrogens is 401 g/mol. The molecule has 2 aromatic carbocycles. The van der Waals surface area contributed by atoms with Crippen LogP contribution in [0, 0.1) is 0 Å². The van der Waals surface area contributed by atoms with Crippen LogP contribution in [0.1, 0.15) is 5.56 Å². The van der Waals surface area contributed by atoms with E-state index in [-0.39, 0.29) is 16.0 Å². The molecule has 0 bridgehead atoms. The normalized spacial score (nSPS) is 14.9. The van der Waals surface area contributed by atoms with Crippen molar-refractivity contribution in [2.75, 3.05) is 6.54 Å². The fourth-order valence-corrected chi connectivity index (χ4v) is 3.72. The van der Waals surface area contributed by atoms with Crippen LogP contribution in [-0.2, 0) is 22.7 Å². The summed E-state index contributed by atoms with van der Waals surface area (Å²) in [6.07, 6.45) is -5.13. The molecule has 0 saturated heterocycles. The standard InChI is InChI=1S/C17H15F3N2O5S/c1-22-13-9-12(7-8-14(13)27-15(22)23)28(25,26)21-10-16(24,17(18,19)20)11-5-3-2-4-6-11/h2-9,21,24H,10H2,1H3/t16-/m1/s1. The molecule has 11 heteroatoms. The van der Waals surface area contributed by atoms with Gasteiger partial charge >= 0.3 is 11.9 Å². The Labute approximate surface area is 157 Å². The highest BCUT2D eigenvalue weighted by atomic mass is 32.2. The molecule has 2 N–H and O–H groups in total. The fourth-order valence-electron chi connectivity index (χ4n) is 2.64. The van der Waals surface area contributed by atoms with Gasteiger partial charge in [0.05, 0.1) is 17.0 Å². The maximum atomic E-state index is 13.5. The number of hydrogen-bond acceptors (Lipinski definition) is 5. The second-order valence-corrected chi connectivity index (χ2v) is 7.87. The number of alkyl halides is 3. The van der Waals surface area contributed by atoms with Gasteiger partial charge in [-0.15, -0.1) is 0 Å². The van der Waals surface area contributed by atoms with Crippen molar-refractivity contribution in [1.29, 1.82) is 0 Å². The van der Waals surface area contributed by atoms with Crippen molar-refractivity contribution >= 4 is 21.1 Å². The second kappa shape index (κ2) is 6.76. The van der Waals surface area contributed by atoms with Gasteiger partial charge < -0.3 is 9.52 Å². The Bertz CT molecular complexity index is 1170. The first-order chi connectivity index (χ1) is 13.0. The van der Waals surface area contributed by atoms with Crippen molar-refractivity contribution in [3.8, 4) is 0 Å². The van der Waals surface area contributed by atoms with Crippen LogP contribution in [-0.4, -0.2) is 30.8 Å². The van der Waals surface area contributed by atoms with Crippen molar-refractivity contribution < 1.29 is 31.1 Å². The molecule has 0 aliphatic heterocycles. The molecule has 1 atom stereocenters. The molecule has 3 aromatic rings. The van der Waals surface area contributed by atoms with Gasteiger partial charge in [0.2, 0.25) is 10.0 Å². The summed E-state index contributed by atoms with van der Waals surface area (Å²) in [5.74, 6) is -0.715. The number of aliphatic hydroxyl groups is 1. The third-order valence-corrected chi connectivity index (χ3v) is 5.71. The van der Waals surface area contributed by atoms with Gasteiger partial charge in [-0.25, -0.2) is 17.9 Å². The Balaban J connectivity index is 1.95. The van der Waals surface area contributed by atoms with Gasteiger partial charge in [0.15, 0.2) is 11.2 Å². The largest absolute Gasteiger partial charge is 0.422 e. The monoisotopic (exact) mass is 416 g/mol. The third-order valence-electron chi connectivity index (χ3n) is 4.31. The van der Waals surface area contributed by atoms with Gasteiger partial charge in [-0.3, -0.25) is 4.57 Å². The van der Waals surface area contributed by atoms with Crippen LogP contribution in [0.15, 0.2) is 62.6 Å². The van der Waals surface area contributed by atoms with E-state index < -0.39 is 39.7 Å². The molecule has 7 nitrogen and oxygen atoms in total. The van der Waals surface area contributed by atoms with Gasteiger partial charge in [0.1, 0.15) is 0 Å². The highest BCUT2D eigenvalue weighted by molar-refractivity contribution is 7.89. The number of fused-ring (bicyclic) bond motifs is 1. The average molecular weight is 416 g/mol. The number of sulfonamides is 1. The molecule has 3 rings (SSSR count). The Morgan fingerprint density at radius 3 is 2.39 bits per heavy atom. The summed E-state index contributed by atoms with van der Waals surface area (Å²) in [5.41, 5.74) is -3.64. The van der Waals surface area contributed by atoms with E-state index in [0.717, 1.165) is 28.8 Å². The van der Waals surface area contributed by atoms with Crippen molar-refractivity contribution in [3.05, 3.63) is 64.6 Å². The molecule has 0 aliphatic rings. The van der Waals surface area contributed by atoms with E-state index in [2.05, 4.69) is 0 Å². The highest BCUT2D eigenvalue weighted by Crippen LogP contribution is 2.38. The number of halogens is 3. The molecular formula is C17H15F3N2O5S. The molecule has 150 valence electrons. The lowest BCUT2D eigenvalue weighted by Crippen LogP contribution is -2.51. The number of nitrogens with zero attached hydrogens (tertiary/aromatic N) is 1. The number of aromatic nitrogens is 1. The van der Waals surface area contributed by atoms with Crippen LogP contribution >= 0.6 is 0 Å². The van der Waals surface area contributed by atoms with Crippen LogP contribution in [0.3, 0.4) is 0 Å². The molecule has 0 spiro atoms. The number of aryl methyl sites for hydroxylation is 1. The molecule has 0 amide bonds. The van der Waals surface area contributed by atoms with Crippen LogP contribution in [0.2, 0.25) is 0 Å². The summed E-state index contributed by atoms with van der Waals surface area (Å²) in [5, 5.41) is 10.2. The number of hydrogen-bond donors (Lipinski definition) is 2. The lowest BCUT2D eigenvalue weighted by molar-refractivity contribution is -0.263. The van der Waals surface area contributed by atoms with E-state index in [0.29, 0.717) is 0 Å². The van der Waals surface area contributed by atoms with E-state index in [1.165, 1.54) is 31.3 Å². The first-order valence-electron chi connectivity index (χ1n) is 7.89. The molecule has 0 radical (unpaired) electrons. The Morgan fingerprint density at radius 1 is 1.14 bits per heavy atom. The maximum Gasteiger partial charge on any atom is 0.422 e. The minimum atomic E-state index is -5.13. The van der Waals surface area contributed by atoms with E-state index >= 15 is 0 Å². The first-order valence-corrected chi connectivity index (χ1v) is 9.38. The smallest absolute Gasteiger partial charge is 0.408 e. The summed E-state index contributed by atoms with van der Waals surface area (Å²) >= 11 is 0. The number of benzene rings is 2. The zero-order valence-corrected chi connectivity index (χ0v) is 15.2. The van der Waals surface area contributed by atoms with Crippen LogP contribution in [0.4, 0.5) is 13.2 Å². The molecule has 1 aromatic heterocycles. The quantitative estimate of drug-likeness (QED) is 0.661. The first kappa shape index (κ1) is 20.1. The van der Waals surface area contributed by atoms with E-state index in [1.54, 1.807) is 4.72 Å². The van der Waals surface area contributed by atoms with Crippen LogP contribution in [0.25, 0.3) is 11.1 Å². The lowest BCUT2D eigenvalue weighted by Gasteiger charge is -2.31. The molecule has 1 heterocycles. The van der Waals surface area contributed by atoms with E-state index in [4.69, 9.17) is 4.42 Å². The summed E-state index contributed by atoms with van der Waals surface area (Å²) in [7, 11) is -3.07. The Morgan fingerprint density at radius 2 is 1.79 bits per heavy atom. The predicted octanol–water partition coefficient (Wildman–Crippen LogP) is 1.86. The summed E-state index contributed by atoms with van der Waals surface area (Å²) < 4.78 is 73.2. The van der Waals surface area contributed by atoms with Crippen molar-refractivity contribution in [2.24, 2.45) is 7.05 Å². The number of rotatable bonds is 5. The molecule has 28 heavy (non-hydrogen) atoms. The predicted molar refractivity (Wildman–Crippen MR) is 93.0 cm³/mol. The molecule has 0 unspecified atom stereocenters. The van der Waals surface area contributed by atoms with Crippen LogP contribution < -0.4 is 10.5 Å². The molecule has 0 fully saturated rings. The Hall–Kier alpha value is -2.63. The fraction of sp³-hybridized carbons (Fsp3) is 0.235. The summed E-state index contributed by atoms with van der Waals surface area (Å²) in [6, 6.07) is 9.57. The minimum absolute atomic E-state index is 0.127. The average Bonchev–Trinajstić information content (AvgIpc) is 2.93. The van der Waals surface area contributed by atoms with Crippen molar-refractivity contribution in [3.63, 3.8) is 0 Å². The third kappa shape index (κ3) is 3.43. The van der Waals surface area contributed by atoms with Gasteiger partial charge in [-0.1, -0.05) is 30.3 Å². The minimum Gasteiger partial charge on any atom is -0.408 e. The highest BCUT2D eigenvalue weighted by Gasteiger charge is 2.55. The van der Waals surface area contributed by atoms with E-state index in [1.807, 2.05) is 0 Å². The second-order valence-electron chi connectivity index (χ2n) is 6.11. The SMILES string of the molecule is Cn1c(=O)oc2ccc(S(=O)(=O)NC[C@@](O)(c3ccccc3)C(F)(F)F)cc21. The van der Waals surface area contributed by atoms with Gasteiger partial charge in [0.25, 0.3) is 0 Å². The number of oxazole rings is 1. The van der Waals surface area contributed by atoms with Gasteiger partial charge in [-0.05, 0) is 23.8 Å². The van der Waals surface area contributed by atoms with Crippen molar-refractivity contribution in [1.82, 2.24) is 9.29 Å². The van der Waals surface area contributed by atoms with Gasteiger partial charge in [-0.2, -0.15) is 13.2 Å². The van der Waals surface area contributed by atoms with Gasteiger partial charge in [0, 0.05) is 7.05 Å². The number of nitrogens with one attached hydrogen (secondary N) is 1. The van der Waals surface area contributed by atoms with Crippen molar-refractivity contribution in [2.45, 2.75) is 16.7 Å². The molecule has 0 saturated carbocycles. The topological polar surface area (TPSA) is 102 Å². The maximum absolute atomic E-state index is 13.5. The lowest BCUT2D eigenvalue weighted by atomic mass is 9.93. The zero-order valence-electron chi connectivity index (χ0n) is 14.4. The van der Waals surface area contributed by atoms with Crippen LogP contribution in [0.5, 0.6) is 0 Å². The summed E-state index contributed by atoms with van der Waals surface area (Å²) in [4.78, 5) is 11.1. The van der Waals surface area contributed by atoms with E-state index in [9.17, 15) is 31.5 Å². The molecule has 0 aliphatic carbocycles. The Kier molecular flexibility index (Phi) is 4.86. The zero-order chi connectivity index (χ0) is 20.7. The summed E-state index contributed by atoms with van der Waals surface area (Å²) in [6.45, 7) is -1.33.